The van der Waals surface area contributed by atoms with Gasteiger partial charge in [0.2, 0.25) is 5.88 Å². The molecule has 0 aliphatic heterocycles. The van der Waals surface area contributed by atoms with Crippen molar-refractivity contribution in [3.63, 3.8) is 0 Å². The Morgan fingerprint density at radius 3 is 2.35 bits per heavy atom. The molecule has 0 fully saturated rings. The number of hydrogen-bond donors (Lipinski definition) is 0. The fraction of sp³-hybridized carbons (Fsp3) is 0.312. The highest BCUT2D eigenvalue weighted by molar-refractivity contribution is 6.17. The Hall–Kier alpha value is -1.61. The monoisotopic (exact) mass is 293 g/mol. The highest BCUT2D eigenvalue weighted by Gasteiger charge is 2.17. The average molecular weight is 294 g/mol. The standard InChI is InChI=1S/C16H17ClFNO/c1-16(2,3)14-8-11(10-17)9-15(19-14)20-13-6-4-12(18)5-7-13/h4-9H,10H2,1-3H3. The largest absolute Gasteiger partial charge is 0.439 e. The summed E-state index contributed by atoms with van der Waals surface area (Å²) < 4.78 is 18.6. The molecule has 0 N–H and O–H groups in total. The number of halogens is 2. The molecular formula is C16H17ClFNO. The average Bonchev–Trinajstić information content (AvgIpc) is 2.40. The van der Waals surface area contributed by atoms with Gasteiger partial charge in [-0.25, -0.2) is 9.37 Å². The molecule has 0 bridgehead atoms. The molecule has 0 atom stereocenters. The Balaban J connectivity index is 2.33. The summed E-state index contributed by atoms with van der Waals surface area (Å²) in [6.45, 7) is 6.24. The van der Waals surface area contributed by atoms with Crippen LogP contribution in [0.2, 0.25) is 0 Å². The van der Waals surface area contributed by atoms with E-state index in [1.807, 2.05) is 6.07 Å². The number of ether oxygens (including phenoxy) is 1. The summed E-state index contributed by atoms with van der Waals surface area (Å²) in [5, 5.41) is 0. The Morgan fingerprint density at radius 1 is 1.15 bits per heavy atom. The van der Waals surface area contributed by atoms with Gasteiger partial charge >= 0.3 is 0 Å². The molecule has 2 nitrogen and oxygen atoms in total. The first-order valence-corrected chi connectivity index (χ1v) is 6.93. The van der Waals surface area contributed by atoms with Crippen LogP contribution >= 0.6 is 11.6 Å². The third-order valence-electron chi connectivity index (χ3n) is 2.82. The normalized spacial score (nSPS) is 11.4. The van der Waals surface area contributed by atoms with E-state index in [4.69, 9.17) is 16.3 Å². The van der Waals surface area contributed by atoms with Crippen LogP contribution in [0.5, 0.6) is 11.6 Å². The van der Waals surface area contributed by atoms with Crippen LogP contribution in [-0.2, 0) is 11.3 Å². The molecule has 2 rings (SSSR count). The molecule has 0 saturated heterocycles. The maximum atomic E-state index is 12.9. The van der Waals surface area contributed by atoms with Crippen LogP contribution < -0.4 is 4.74 Å². The molecule has 1 heterocycles. The van der Waals surface area contributed by atoms with Crippen molar-refractivity contribution < 1.29 is 9.13 Å². The predicted octanol–water partition coefficient (Wildman–Crippen LogP) is 5.05. The lowest BCUT2D eigenvalue weighted by molar-refractivity contribution is 0.449. The molecule has 20 heavy (non-hydrogen) atoms. The third kappa shape index (κ3) is 3.70. The van der Waals surface area contributed by atoms with Crippen LogP contribution in [0.3, 0.4) is 0 Å². The number of aromatic nitrogens is 1. The lowest BCUT2D eigenvalue weighted by Gasteiger charge is -2.19. The van der Waals surface area contributed by atoms with E-state index in [9.17, 15) is 4.39 Å². The van der Waals surface area contributed by atoms with E-state index in [1.54, 1.807) is 18.2 Å². The second kappa shape index (κ2) is 5.80. The molecular weight excluding hydrogens is 277 g/mol. The second-order valence-electron chi connectivity index (χ2n) is 5.64. The minimum absolute atomic E-state index is 0.0943. The highest BCUT2D eigenvalue weighted by Crippen LogP contribution is 2.27. The molecule has 0 aliphatic carbocycles. The molecule has 1 aromatic carbocycles. The van der Waals surface area contributed by atoms with E-state index < -0.39 is 0 Å². The molecule has 4 heteroatoms. The fourth-order valence-electron chi connectivity index (χ4n) is 1.70. The summed E-state index contributed by atoms with van der Waals surface area (Å²) in [6.07, 6.45) is 0. The van der Waals surface area contributed by atoms with Crippen molar-refractivity contribution in [1.82, 2.24) is 4.98 Å². The van der Waals surface area contributed by atoms with E-state index in [0.717, 1.165) is 11.3 Å². The van der Waals surface area contributed by atoms with Crippen molar-refractivity contribution in [3.05, 3.63) is 53.5 Å². The minimum atomic E-state index is -0.296. The number of pyridine rings is 1. The van der Waals surface area contributed by atoms with Crippen LogP contribution in [0.4, 0.5) is 4.39 Å². The van der Waals surface area contributed by atoms with Gasteiger partial charge in [0.15, 0.2) is 0 Å². The zero-order valence-electron chi connectivity index (χ0n) is 11.8. The first-order valence-electron chi connectivity index (χ1n) is 6.39. The SMILES string of the molecule is CC(C)(C)c1cc(CCl)cc(Oc2ccc(F)cc2)n1. The zero-order chi connectivity index (χ0) is 14.8. The molecule has 0 amide bonds. The maximum absolute atomic E-state index is 12.9. The number of nitrogens with zero attached hydrogens (tertiary/aromatic N) is 1. The van der Waals surface area contributed by atoms with Crippen LogP contribution in [-0.4, -0.2) is 4.98 Å². The summed E-state index contributed by atoms with van der Waals surface area (Å²) in [5.41, 5.74) is 1.76. The lowest BCUT2D eigenvalue weighted by Crippen LogP contribution is -2.14. The molecule has 0 saturated carbocycles. The zero-order valence-corrected chi connectivity index (χ0v) is 12.5. The molecule has 1 aromatic heterocycles. The van der Waals surface area contributed by atoms with Gasteiger partial charge in [0, 0.05) is 17.4 Å². The van der Waals surface area contributed by atoms with Crippen LogP contribution in [0.1, 0.15) is 32.0 Å². The van der Waals surface area contributed by atoms with Gasteiger partial charge < -0.3 is 4.74 Å². The van der Waals surface area contributed by atoms with Gasteiger partial charge in [-0.15, -0.1) is 11.6 Å². The van der Waals surface area contributed by atoms with Crippen molar-refractivity contribution in [1.29, 1.82) is 0 Å². The highest BCUT2D eigenvalue weighted by atomic mass is 35.5. The molecule has 2 aromatic rings. The predicted molar refractivity (Wildman–Crippen MR) is 79.0 cm³/mol. The summed E-state index contributed by atoms with van der Waals surface area (Å²) in [4.78, 5) is 4.50. The molecule has 106 valence electrons. The number of benzene rings is 1. The van der Waals surface area contributed by atoms with E-state index in [0.29, 0.717) is 17.5 Å². The van der Waals surface area contributed by atoms with Gasteiger partial charge in [0.1, 0.15) is 11.6 Å². The third-order valence-corrected chi connectivity index (χ3v) is 3.13. The van der Waals surface area contributed by atoms with Crippen LogP contribution in [0.25, 0.3) is 0 Å². The van der Waals surface area contributed by atoms with Crippen molar-refractivity contribution in [3.8, 4) is 11.6 Å². The summed E-state index contributed by atoms with van der Waals surface area (Å²) in [5.74, 6) is 1.12. The number of alkyl halides is 1. The number of hydrogen-bond acceptors (Lipinski definition) is 2. The Kier molecular flexibility index (Phi) is 4.29. The molecule has 0 unspecified atom stereocenters. The first-order chi connectivity index (χ1) is 9.38. The summed E-state index contributed by atoms with van der Waals surface area (Å²) in [6, 6.07) is 9.62. The quantitative estimate of drug-likeness (QED) is 0.739. The second-order valence-corrected chi connectivity index (χ2v) is 5.91. The fourth-order valence-corrected chi connectivity index (χ4v) is 1.85. The van der Waals surface area contributed by atoms with Gasteiger partial charge in [-0.3, -0.25) is 0 Å². The van der Waals surface area contributed by atoms with Gasteiger partial charge in [-0.05, 0) is 35.9 Å². The lowest BCUT2D eigenvalue weighted by atomic mass is 9.91. The van der Waals surface area contributed by atoms with E-state index >= 15 is 0 Å². The molecule has 0 aliphatic rings. The Bertz CT molecular complexity index is 590. The minimum Gasteiger partial charge on any atom is -0.439 e. The first kappa shape index (κ1) is 14.8. The topological polar surface area (TPSA) is 22.1 Å². The smallest absolute Gasteiger partial charge is 0.219 e. The van der Waals surface area contributed by atoms with E-state index in [2.05, 4.69) is 25.8 Å². The van der Waals surface area contributed by atoms with Crippen molar-refractivity contribution in [2.75, 3.05) is 0 Å². The van der Waals surface area contributed by atoms with Gasteiger partial charge in [-0.2, -0.15) is 0 Å². The summed E-state index contributed by atoms with van der Waals surface area (Å²) in [7, 11) is 0. The molecule has 0 radical (unpaired) electrons. The van der Waals surface area contributed by atoms with Crippen LogP contribution in [0.15, 0.2) is 36.4 Å². The van der Waals surface area contributed by atoms with Crippen molar-refractivity contribution >= 4 is 11.6 Å². The Morgan fingerprint density at radius 2 is 1.80 bits per heavy atom. The van der Waals surface area contributed by atoms with Crippen molar-refractivity contribution in [2.24, 2.45) is 0 Å². The van der Waals surface area contributed by atoms with E-state index in [1.165, 1.54) is 12.1 Å². The number of rotatable bonds is 3. The van der Waals surface area contributed by atoms with Gasteiger partial charge in [0.25, 0.3) is 0 Å². The van der Waals surface area contributed by atoms with Crippen LogP contribution in [0, 0.1) is 5.82 Å². The van der Waals surface area contributed by atoms with Crippen molar-refractivity contribution in [2.45, 2.75) is 32.1 Å². The van der Waals surface area contributed by atoms with Gasteiger partial charge in [-0.1, -0.05) is 20.8 Å². The van der Waals surface area contributed by atoms with E-state index in [-0.39, 0.29) is 11.2 Å². The maximum Gasteiger partial charge on any atom is 0.219 e. The Labute approximate surface area is 123 Å². The molecule has 0 spiro atoms. The van der Waals surface area contributed by atoms with Gasteiger partial charge in [0.05, 0.1) is 5.69 Å². The summed E-state index contributed by atoms with van der Waals surface area (Å²) >= 11 is 5.91.